The zero-order valence-electron chi connectivity index (χ0n) is 19.9. The molecule has 4 aromatic rings. The van der Waals surface area contributed by atoms with Gasteiger partial charge in [-0.3, -0.25) is 14.9 Å². The minimum atomic E-state index is -0.547. The van der Waals surface area contributed by atoms with E-state index in [1.165, 1.54) is 18.0 Å². The lowest BCUT2D eigenvalue weighted by molar-refractivity contribution is -0.127. The SMILES string of the molecule is C=CC(=O)N1CCC[C@@H](n2nc(C(=O)Nc3nc4cc(C5=CC=CC5)ccc4o3)c3c(N)ncnc32)C1. The van der Waals surface area contributed by atoms with Crippen LogP contribution in [-0.4, -0.2) is 54.5 Å². The number of hydrogen-bond donors (Lipinski definition) is 2. The Balaban J connectivity index is 1.31. The van der Waals surface area contributed by atoms with Gasteiger partial charge >= 0.3 is 6.01 Å². The highest BCUT2D eigenvalue weighted by atomic mass is 16.4. The van der Waals surface area contributed by atoms with Crippen LogP contribution in [-0.2, 0) is 4.79 Å². The van der Waals surface area contributed by atoms with E-state index in [2.05, 4.69) is 44.1 Å². The number of nitrogen functional groups attached to an aromatic ring is 1. The number of piperidine rings is 1. The molecule has 0 spiro atoms. The number of benzene rings is 1. The molecule has 1 saturated heterocycles. The highest BCUT2D eigenvalue weighted by Gasteiger charge is 2.29. The molecule has 3 N–H and O–H groups in total. The fourth-order valence-electron chi connectivity index (χ4n) is 4.89. The summed E-state index contributed by atoms with van der Waals surface area (Å²) in [6.45, 7) is 4.64. The van der Waals surface area contributed by atoms with Crippen LogP contribution in [0.15, 0.2) is 59.8 Å². The molecule has 0 bridgehead atoms. The maximum absolute atomic E-state index is 13.4. The van der Waals surface area contributed by atoms with Crippen LogP contribution in [0.4, 0.5) is 11.8 Å². The van der Waals surface area contributed by atoms with Crippen molar-refractivity contribution in [2.45, 2.75) is 25.3 Å². The molecule has 0 radical (unpaired) electrons. The number of allylic oxidation sites excluding steroid dienone is 4. The Bertz CT molecular complexity index is 1630. The molecule has 0 unspecified atom stereocenters. The van der Waals surface area contributed by atoms with Gasteiger partial charge in [0, 0.05) is 13.1 Å². The molecular weight excluding hydrogens is 472 g/mol. The van der Waals surface area contributed by atoms with Gasteiger partial charge in [-0.15, -0.1) is 0 Å². The van der Waals surface area contributed by atoms with Gasteiger partial charge in [0.15, 0.2) is 16.9 Å². The monoisotopic (exact) mass is 496 g/mol. The topological polar surface area (TPSA) is 145 Å². The molecule has 11 nitrogen and oxygen atoms in total. The number of hydrogen-bond acceptors (Lipinski definition) is 8. The zero-order chi connectivity index (χ0) is 25.5. The van der Waals surface area contributed by atoms with E-state index in [0.29, 0.717) is 35.2 Å². The van der Waals surface area contributed by atoms with Gasteiger partial charge < -0.3 is 15.1 Å². The van der Waals surface area contributed by atoms with E-state index in [1.807, 2.05) is 24.3 Å². The van der Waals surface area contributed by atoms with Crippen LogP contribution in [0.5, 0.6) is 0 Å². The number of nitrogens with two attached hydrogens (primary N) is 1. The Hall–Kier alpha value is -4.80. The number of rotatable bonds is 5. The van der Waals surface area contributed by atoms with Crippen molar-refractivity contribution in [1.29, 1.82) is 0 Å². The number of nitrogens with one attached hydrogen (secondary N) is 1. The predicted octanol–water partition coefficient (Wildman–Crippen LogP) is 3.49. The molecule has 1 aromatic carbocycles. The van der Waals surface area contributed by atoms with Gasteiger partial charge in [-0.25, -0.2) is 14.6 Å². The molecule has 2 aliphatic rings. The van der Waals surface area contributed by atoms with Crippen molar-refractivity contribution in [3.05, 3.63) is 66.7 Å². The molecule has 1 aliphatic carbocycles. The summed E-state index contributed by atoms with van der Waals surface area (Å²) in [5.41, 5.74) is 10.1. The first-order valence-corrected chi connectivity index (χ1v) is 12.0. The van der Waals surface area contributed by atoms with Crippen LogP contribution in [0.25, 0.3) is 27.7 Å². The molecule has 6 rings (SSSR count). The second-order valence-electron chi connectivity index (χ2n) is 9.01. The van der Waals surface area contributed by atoms with Crippen molar-refractivity contribution in [1.82, 2.24) is 29.6 Å². The number of fused-ring (bicyclic) bond motifs is 2. The average Bonchev–Trinajstić information content (AvgIpc) is 3.66. The van der Waals surface area contributed by atoms with E-state index in [9.17, 15) is 9.59 Å². The van der Waals surface area contributed by atoms with Crippen molar-refractivity contribution in [3.8, 4) is 0 Å². The van der Waals surface area contributed by atoms with E-state index >= 15 is 0 Å². The van der Waals surface area contributed by atoms with Crippen molar-refractivity contribution in [3.63, 3.8) is 0 Å². The second kappa shape index (κ2) is 9.01. The fourth-order valence-corrected chi connectivity index (χ4v) is 4.89. The first kappa shape index (κ1) is 22.7. The number of anilines is 2. The van der Waals surface area contributed by atoms with Gasteiger partial charge in [-0.1, -0.05) is 30.9 Å². The molecule has 1 aliphatic heterocycles. The second-order valence-corrected chi connectivity index (χ2v) is 9.01. The van der Waals surface area contributed by atoms with Crippen LogP contribution in [0.3, 0.4) is 0 Å². The van der Waals surface area contributed by atoms with Gasteiger partial charge in [0.25, 0.3) is 5.91 Å². The summed E-state index contributed by atoms with van der Waals surface area (Å²) in [7, 11) is 0. The first-order valence-electron chi connectivity index (χ1n) is 12.0. The Morgan fingerprint density at radius 1 is 1.27 bits per heavy atom. The molecule has 11 heteroatoms. The molecule has 37 heavy (non-hydrogen) atoms. The Morgan fingerprint density at radius 3 is 2.97 bits per heavy atom. The van der Waals surface area contributed by atoms with E-state index in [-0.39, 0.29) is 29.5 Å². The number of nitrogens with zero attached hydrogens (tertiary/aromatic N) is 6. The Morgan fingerprint density at radius 2 is 2.16 bits per heavy atom. The van der Waals surface area contributed by atoms with E-state index < -0.39 is 5.91 Å². The normalized spacial score (nSPS) is 17.4. The standard InChI is InChI=1S/C26H24N8O3/c1-2-20(35)33-11-5-8-17(13-33)34-24-21(23(27)28-14-29-24)22(32-34)25(36)31-26-30-18-12-16(9-10-19(18)37-26)15-6-3-4-7-15/h2-4,6,9-10,12,14,17H,1,5,7-8,11,13H2,(H2,27,28,29)(H,30,31,36)/t17-/m1/s1. The molecular formula is C26H24N8O3. The minimum absolute atomic E-state index is 0.0502. The number of amides is 2. The predicted molar refractivity (Wildman–Crippen MR) is 138 cm³/mol. The molecule has 3 aromatic heterocycles. The summed E-state index contributed by atoms with van der Waals surface area (Å²) in [4.78, 5) is 40.1. The number of oxazole rings is 1. The lowest BCUT2D eigenvalue weighted by Gasteiger charge is -2.32. The van der Waals surface area contributed by atoms with Gasteiger partial charge in [0.1, 0.15) is 17.7 Å². The Kier molecular flexibility index (Phi) is 5.52. The van der Waals surface area contributed by atoms with Crippen LogP contribution in [0.2, 0.25) is 0 Å². The smallest absolute Gasteiger partial charge is 0.302 e. The van der Waals surface area contributed by atoms with Gasteiger partial charge in [0.05, 0.1) is 11.4 Å². The van der Waals surface area contributed by atoms with Crippen LogP contribution in [0.1, 0.15) is 41.4 Å². The largest absolute Gasteiger partial charge is 0.423 e. The maximum atomic E-state index is 13.4. The number of likely N-dealkylation sites (tertiary alicyclic amines) is 1. The first-order chi connectivity index (χ1) is 18.0. The van der Waals surface area contributed by atoms with E-state index in [4.69, 9.17) is 10.2 Å². The maximum Gasteiger partial charge on any atom is 0.302 e. The van der Waals surface area contributed by atoms with Crippen LogP contribution < -0.4 is 11.1 Å². The summed E-state index contributed by atoms with van der Waals surface area (Å²) < 4.78 is 7.43. The third-order valence-electron chi connectivity index (χ3n) is 6.71. The quantitative estimate of drug-likeness (QED) is 0.399. The van der Waals surface area contributed by atoms with Crippen molar-refractivity contribution >= 4 is 51.4 Å². The number of aromatic nitrogens is 5. The zero-order valence-corrected chi connectivity index (χ0v) is 19.9. The fraction of sp³-hybridized carbons (Fsp3) is 0.231. The van der Waals surface area contributed by atoms with Crippen molar-refractivity contribution in [2.24, 2.45) is 0 Å². The highest BCUT2D eigenvalue weighted by molar-refractivity contribution is 6.12. The highest BCUT2D eigenvalue weighted by Crippen LogP contribution is 2.30. The molecule has 186 valence electrons. The average molecular weight is 497 g/mol. The Labute approximate surface area is 211 Å². The van der Waals surface area contributed by atoms with E-state index in [0.717, 1.165) is 24.8 Å². The molecule has 1 atom stereocenters. The van der Waals surface area contributed by atoms with Gasteiger partial charge in [0.2, 0.25) is 5.91 Å². The molecule has 2 amide bonds. The van der Waals surface area contributed by atoms with Gasteiger partial charge in [-0.2, -0.15) is 10.1 Å². The lowest BCUT2D eigenvalue weighted by atomic mass is 10.1. The number of carbonyl (C=O) groups excluding carboxylic acids is 2. The summed E-state index contributed by atoms with van der Waals surface area (Å²) >= 11 is 0. The van der Waals surface area contributed by atoms with Crippen molar-refractivity contribution in [2.75, 3.05) is 24.1 Å². The summed E-state index contributed by atoms with van der Waals surface area (Å²) in [6.07, 6.45) is 11.2. The van der Waals surface area contributed by atoms with Crippen LogP contribution in [0, 0.1) is 0 Å². The molecule has 0 saturated carbocycles. The lowest BCUT2D eigenvalue weighted by Crippen LogP contribution is -2.40. The van der Waals surface area contributed by atoms with Gasteiger partial charge in [-0.05, 0) is 48.6 Å². The molecule has 1 fully saturated rings. The minimum Gasteiger partial charge on any atom is -0.423 e. The summed E-state index contributed by atoms with van der Waals surface area (Å²) in [5.74, 6) is -0.556. The van der Waals surface area contributed by atoms with E-state index in [1.54, 1.807) is 9.58 Å². The van der Waals surface area contributed by atoms with Crippen molar-refractivity contribution < 1.29 is 14.0 Å². The summed E-state index contributed by atoms with van der Waals surface area (Å²) in [6, 6.07) is 5.60. The summed E-state index contributed by atoms with van der Waals surface area (Å²) in [5, 5.41) is 7.62. The number of carbonyl (C=O) groups is 2. The van der Waals surface area contributed by atoms with Crippen LogP contribution >= 0.6 is 0 Å². The molecule has 4 heterocycles. The third-order valence-corrected chi connectivity index (χ3v) is 6.71. The third kappa shape index (κ3) is 4.03.